The topological polar surface area (TPSA) is 111 Å². The minimum atomic E-state index is -0.199. The third kappa shape index (κ3) is 5.38. The number of aliphatic imine (C=N–C) groups is 1. The standard InChI is InChI=1S/C17H21N5O3/c1-24-14-6-5-13(10-15(14)25-2)22-17(18)21-9-8-20-16(23)12-4-3-7-19-11-12/h3-7,10-11H,8-9H2,1-2H3,(H,20,23)(H3,18,21,22). The molecule has 0 atom stereocenters. The van der Waals surface area contributed by atoms with Crippen molar-refractivity contribution in [3.8, 4) is 11.5 Å². The molecule has 0 saturated carbocycles. The number of amides is 1. The number of pyridine rings is 1. The fourth-order valence-corrected chi connectivity index (χ4v) is 2.05. The Morgan fingerprint density at radius 3 is 2.72 bits per heavy atom. The van der Waals surface area contributed by atoms with E-state index < -0.39 is 0 Å². The number of ether oxygens (including phenoxy) is 2. The van der Waals surface area contributed by atoms with E-state index in [1.165, 1.54) is 6.20 Å². The summed E-state index contributed by atoms with van der Waals surface area (Å²) in [5.74, 6) is 1.25. The minimum absolute atomic E-state index is 0.199. The van der Waals surface area contributed by atoms with Crippen molar-refractivity contribution in [2.24, 2.45) is 10.7 Å². The predicted molar refractivity (Wildman–Crippen MR) is 96.2 cm³/mol. The van der Waals surface area contributed by atoms with E-state index in [0.717, 1.165) is 5.69 Å². The second kappa shape index (κ2) is 9.11. The SMILES string of the molecule is COc1ccc(NC(N)=NCCNC(=O)c2cccnc2)cc1OC. The molecular weight excluding hydrogens is 322 g/mol. The van der Waals surface area contributed by atoms with Gasteiger partial charge in [0.05, 0.1) is 26.3 Å². The summed E-state index contributed by atoms with van der Waals surface area (Å²) >= 11 is 0. The van der Waals surface area contributed by atoms with Crippen LogP contribution in [-0.4, -0.2) is 44.2 Å². The van der Waals surface area contributed by atoms with Crippen LogP contribution in [0.3, 0.4) is 0 Å². The molecule has 8 nitrogen and oxygen atoms in total. The van der Waals surface area contributed by atoms with E-state index in [0.29, 0.717) is 30.2 Å². The van der Waals surface area contributed by atoms with Gasteiger partial charge in [0.1, 0.15) is 0 Å². The summed E-state index contributed by atoms with van der Waals surface area (Å²) in [5, 5.41) is 5.70. The Bertz CT molecular complexity index is 734. The van der Waals surface area contributed by atoms with Crippen LogP contribution in [0.5, 0.6) is 11.5 Å². The predicted octanol–water partition coefficient (Wildman–Crippen LogP) is 1.26. The number of anilines is 1. The summed E-state index contributed by atoms with van der Waals surface area (Å²) < 4.78 is 10.4. The molecule has 8 heteroatoms. The van der Waals surface area contributed by atoms with Crippen molar-refractivity contribution in [1.82, 2.24) is 10.3 Å². The Kier molecular flexibility index (Phi) is 6.58. The molecule has 0 aliphatic rings. The molecule has 1 aromatic carbocycles. The lowest BCUT2D eigenvalue weighted by molar-refractivity contribution is 0.0954. The van der Waals surface area contributed by atoms with E-state index in [1.54, 1.807) is 50.7 Å². The number of guanidine groups is 1. The average Bonchev–Trinajstić information content (AvgIpc) is 2.65. The number of nitrogens with one attached hydrogen (secondary N) is 2. The van der Waals surface area contributed by atoms with Crippen LogP contribution in [0.2, 0.25) is 0 Å². The summed E-state index contributed by atoms with van der Waals surface area (Å²) in [7, 11) is 3.13. The van der Waals surface area contributed by atoms with Crippen molar-refractivity contribution in [3.63, 3.8) is 0 Å². The van der Waals surface area contributed by atoms with Crippen molar-refractivity contribution in [2.75, 3.05) is 32.6 Å². The average molecular weight is 343 g/mol. The Labute approximate surface area is 146 Å². The Morgan fingerprint density at radius 2 is 2.04 bits per heavy atom. The molecule has 0 aliphatic carbocycles. The first kappa shape index (κ1) is 18.1. The monoisotopic (exact) mass is 343 g/mol. The van der Waals surface area contributed by atoms with E-state index >= 15 is 0 Å². The molecule has 0 unspecified atom stereocenters. The quantitative estimate of drug-likeness (QED) is 0.396. The van der Waals surface area contributed by atoms with Crippen molar-refractivity contribution < 1.29 is 14.3 Å². The number of carbonyl (C=O) groups excluding carboxylic acids is 1. The molecule has 25 heavy (non-hydrogen) atoms. The number of hydrogen-bond donors (Lipinski definition) is 3. The van der Waals surface area contributed by atoms with Crippen LogP contribution < -0.4 is 25.8 Å². The lowest BCUT2D eigenvalue weighted by Crippen LogP contribution is -2.28. The van der Waals surface area contributed by atoms with E-state index in [-0.39, 0.29) is 11.9 Å². The number of carbonyl (C=O) groups is 1. The molecule has 2 aromatic rings. The third-order valence-corrected chi connectivity index (χ3v) is 3.26. The number of rotatable bonds is 7. The highest BCUT2D eigenvalue weighted by Crippen LogP contribution is 2.29. The number of benzene rings is 1. The molecule has 132 valence electrons. The van der Waals surface area contributed by atoms with Gasteiger partial charge in [0, 0.05) is 30.7 Å². The molecule has 0 saturated heterocycles. The molecule has 0 aliphatic heterocycles. The highest BCUT2D eigenvalue weighted by Gasteiger charge is 2.05. The maximum atomic E-state index is 11.8. The zero-order valence-electron chi connectivity index (χ0n) is 14.2. The maximum absolute atomic E-state index is 11.8. The van der Waals surface area contributed by atoms with Gasteiger partial charge in [-0.15, -0.1) is 0 Å². The van der Waals surface area contributed by atoms with Gasteiger partial charge < -0.3 is 25.8 Å². The first-order valence-electron chi connectivity index (χ1n) is 7.61. The summed E-state index contributed by atoms with van der Waals surface area (Å²) in [5.41, 5.74) is 7.06. The summed E-state index contributed by atoms with van der Waals surface area (Å²) in [6.07, 6.45) is 3.12. The van der Waals surface area contributed by atoms with Gasteiger partial charge in [-0.2, -0.15) is 0 Å². The van der Waals surface area contributed by atoms with Crippen LogP contribution in [0.4, 0.5) is 5.69 Å². The smallest absolute Gasteiger partial charge is 0.252 e. The number of aromatic nitrogens is 1. The zero-order chi connectivity index (χ0) is 18.1. The molecule has 1 heterocycles. The van der Waals surface area contributed by atoms with Gasteiger partial charge in [-0.25, -0.2) is 0 Å². The second-order valence-electron chi connectivity index (χ2n) is 4.96. The fraction of sp³-hybridized carbons (Fsp3) is 0.235. The van der Waals surface area contributed by atoms with Crippen molar-refractivity contribution in [3.05, 3.63) is 48.3 Å². The first-order chi connectivity index (χ1) is 12.1. The van der Waals surface area contributed by atoms with E-state index in [1.807, 2.05) is 0 Å². The zero-order valence-corrected chi connectivity index (χ0v) is 14.2. The van der Waals surface area contributed by atoms with E-state index in [4.69, 9.17) is 15.2 Å². The van der Waals surface area contributed by atoms with Gasteiger partial charge in [0.25, 0.3) is 5.91 Å². The largest absolute Gasteiger partial charge is 0.493 e. The van der Waals surface area contributed by atoms with Crippen LogP contribution in [0.15, 0.2) is 47.7 Å². The molecule has 1 aromatic heterocycles. The molecule has 0 bridgehead atoms. The Morgan fingerprint density at radius 1 is 1.24 bits per heavy atom. The van der Waals surface area contributed by atoms with Crippen LogP contribution in [0.25, 0.3) is 0 Å². The summed E-state index contributed by atoms with van der Waals surface area (Å²) in [4.78, 5) is 19.9. The van der Waals surface area contributed by atoms with Crippen molar-refractivity contribution >= 4 is 17.6 Å². The molecular formula is C17H21N5O3. The molecule has 0 spiro atoms. The molecule has 0 fully saturated rings. The number of hydrogen-bond acceptors (Lipinski definition) is 5. The van der Waals surface area contributed by atoms with E-state index in [2.05, 4.69) is 20.6 Å². The fourth-order valence-electron chi connectivity index (χ4n) is 2.05. The van der Waals surface area contributed by atoms with Gasteiger partial charge in [0.15, 0.2) is 17.5 Å². The lowest BCUT2D eigenvalue weighted by Gasteiger charge is -2.11. The first-order valence-corrected chi connectivity index (χ1v) is 7.61. The minimum Gasteiger partial charge on any atom is -0.493 e. The van der Waals surface area contributed by atoms with E-state index in [9.17, 15) is 4.79 Å². The van der Waals surface area contributed by atoms with Gasteiger partial charge in [-0.1, -0.05) is 0 Å². The number of methoxy groups -OCH3 is 2. The molecule has 2 rings (SSSR count). The number of nitrogens with zero attached hydrogens (tertiary/aromatic N) is 2. The summed E-state index contributed by atoms with van der Waals surface area (Å²) in [6, 6.07) is 8.72. The third-order valence-electron chi connectivity index (χ3n) is 3.26. The lowest BCUT2D eigenvalue weighted by atomic mass is 10.3. The molecule has 1 amide bonds. The van der Waals surface area contributed by atoms with Crippen LogP contribution in [0.1, 0.15) is 10.4 Å². The van der Waals surface area contributed by atoms with Crippen LogP contribution in [-0.2, 0) is 0 Å². The van der Waals surface area contributed by atoms with Gasteiger partial charge in [-0.05, 0) is 24.3 Å². The number of nitrogens with two attached hydrogens (primary N) is 1. The van der Waals surface area contributed by atoms with Crippen molar-refractivity contribution in [2.45, 2.75) is 0 Å². The van der Waals surface area contributed by atoms with Crippen LogP contribution >= 0.6 is 0 Å². The summed E-state index contributed by atoms with van der Waals surface area (Å²) in [6.45, 7) is 0.708. The normalized spacial score (nSPS) is 10.9. The molecule has 0 radical (unpaired) electrons. The molecule has 4 N–H and O–H groups in total. The van der Waals surface area contributed by atoms with Gasteiger partial charge in [0.2, 0.25) is 0 Å². The Balaban J connectivity index is 1.83. The maximum Gasteiger partial charge on any atom is 0.252 e. The van der Waals surface area contributed by atoms with Gasteiger partial charge in [-0.3, -0.25) is 14.8 Å². The second-order valence-corrected chi connectivity index (χ2v) is 4.96. The Hall–Kier alpha value is -3.29. The highest BCUT2D eigenvalue weighted by molar-refractivity contribution is 5.94. The highest BCUT2D eigenvalue weighted by atomic mass is 16.5. The van der Waals surface area contributed by atoms with Crippen LogP contribution in [0, 0.1) is 0 Å². The van der Waals surface area contributed by atoms with Crippen molar-refractivity contribution in [1.29, 1.82) is 0 Å². The van der Waals surface area contributed by atoms with Gasteiger partial charge >= 0.3 is 0 Å².